The summed E-state index contributed by atoms with van der Waals surface area (Å²) in [6.45, 7) is 12.0. The van der Waals surface area contributed by atoms with Gasteiger partial charge < -0.3 is 9.64 Å². The number of hydrogen-bond donors (Lipinski definition) is 0. The molecule has 1 aromatic rings. The average molecular weight is 340 g/mol. The lowest BCUT2D eigenvalue weighted by Crippen LogP contribution is -2.49. The highest BCUT2D eigenvalue weighted by atomic mass is 32.2. The van der Waals surface area contributed by atoms with Crippen LogP contribution in [0.4, 0.5) is 0 Å². The van der Waals surface area contributed by atoms with E-state index in [2.05, 4.69) is 18.7 Å². The maximum absolute atomic E-state index is 12.7. The molecule has 0 aliphatic carbocycles. The van der Waals surface area contributed by atoms with E-state index in [0.717, 1.165) is 19.6 Å². The fraction of sp³-hybridized carbons (Fsp3) is 0.647. The van der Waals surface area contributed by atoms with Crippen LogP contribution >= 0.6 is 0 Å². The van der Waals surface area contributed by atoms with Crippen molar-refractivity contribution in [1.29, 1.82) is 0 Å². The highest BCUT2D eigenvalue weighted by molar-refractivity contribution is 7.89. The van der Waals surface area contributed by atoms with Gasteiger partial charge >= 0.3 is 0 Å². The van der Waals surface area contributed by atoms with Crippen LogP contribution in [0, 0.1) is 5.92 Å². The Bertz CT molecular complexity index is 589. The van der Waals surface area contributed by atoms with Crippen molar-refractivity contribution in [1.82, 2.24) is 9.21 Å². The molecule has 0 spiro atoms. The summed E-state index contributed by atoms with van der Waals surface area (Å²) in [6.07, 6.45) is 0.0755. The fourth-order valence-corrected chi connectivity index (χ4v) is 4.20. The molecule has 0 N–H and O–H groups in total. The molecule has 0 amide bonds. The van der Waals surface area contributed by atoms with Crippen molar-refractivity contribution in [3.8, 4) is 5.75 Å². The third kappa shape index (κ3) is 4.93. The van der Waals surface area contributed by atoms with Crippen molar-refractivity contribution in [2.75, 3.05) is 32.7 Å². The Morgan fingerprint density at radius 3 is 2.04 bits per heavy atom. The molecular formula is C17H28N2O3S. The maximum Gasteiger partial charge on any atom is 0.243 e. The first kappa shape index (κ1) is 18.2. The number of sulfonamides is 1. The van der Waals surface area contributed by atoms with E-state index >= 15 is 0 Å². The van der Waals surface area contributed by atoms with Crippen molar-refractivity contribution >= 4 is 10.0 Å². The molecule has 23 heavy (non-hydrogen) atoms. The molecule has 1 heterocycles. The Morgan fingerprint density at radius 1 is 1.00 bits per heavy atom. The van der Waals surface area contributed by atoms with Crippen LogP contribution in [0.15, 0.2) is 29.2 Å². The first-order valence-corrected chi connectivity index (χ1v) is 9.72. The Labute approximate surface area is 140 Å². The van der Waals surface area contributed by atoms with Crippen molar-refractivity contribution in [2.45, 2.75) is 38.7 Å². The Morgan fingerprint density at radius 2 is 1.57 bits per heavy atom. The summed E-state index contributed by atoms with van der Waals surface area (Å²) in [7, 11) is -3.41. The van der Waals surface area contributed by atoms with Gasteiger partial charge in [-0.3, -0.25) is 0 Å². The van der Waals surface area contributed by atoms with Gasteiger partial charge in [0.1, 0.15) is 5.75 Å². The second kappa shape index (κ2) is 7.64. The van der Waals surface area contributed by atoms with Crippen LogP contribution in [-0.2, 0) is 10.0 Å². The molecule has 1 aliphatic rings. The van der Waals surface area contributed by atoms with Gasteiger partial charge in [0.05, 0.1) is 11.0 Å². The van der Waals surface area contributed by atoms with Crippen LogP contribution in [-0.4, -0.2) is 56.5 Å². The van der Waals surface area contributed by atoms with E-state index in [-0.39, 0.29) is 6.10 Å². The molecule has 5 nitrogen and oxygen atoms in total. The van der Waals surface area contributed by atoms with Crippen LogP contribution in [0.2, 0.25) is 0 Å². The minimum atomic E-state index is -3.41. The number of rotatable bonds is 6. The van der Waals surface area contributed by atoms with Gasteiger partial charge in [-0.2, -0.15) is 4.31 Å². The van der Waals surface area contributed by atoms with E-state index < -0.39 is 10.0 Å². The summed E-state index contributed by atoms with van der Waals surface area (Å²) in [5, 5.41) is 0. The number of piperazine rings is 1. The van der Waals surface area contributed by atoms with Gasteiger partial charge in [-0.25, -0.2) is 8.42 Å². The summed E-state index contributed by atoms with van der Waals surface area (Å²) < 4.78 is 32.6. The lowest BCUT2D eigenvalue weighted by Gasteiger charge is -2.34. The van der Waals surface area contributed by atoms with E-state index in [4.69, 9.17) is 4.74 Å². The molecule has 0 radical (unpaired) electrons. The van der Waals surface area contributed by atoms with Crippen LogP contribution in [0.25, 0.3) is 0 Å². The molecule has 130 valence electrons. The third-order valence-corrected chi connectivity index (χ3v) is 5.70. The first-order chi connectivity index (χ1) is 10.8. The number of benzene rings is 1. The number of ether oxygens (including phenoxy) is 1. The zero-order valence-electron chi connectivity index (χ0n) is 14.5. The summed E-state index contributed by atoms with van der Waals surface area (Å²) in [4.78, 5) is 2.67. The van der Waals surface area contributed by atoms with E-state index in [0.29, 0.717) is 29.7 Å². The van der Waals surface area contributed by atoms with Crippen molar-refractivity contribution in [2.24, 2.45) is 5.92 Å². The van der Waals surface area contributed by atoms with Crippen LogP contribution in [0.1, 0.15) is 27.7 Å². The molecule has 0 atom stereocenters. The SMILES string of the molecule is CC(C)CN1CCN(S(=O)(=O)c2ccc(OC(C)C)cc2)CC1. The molecule has 1 aliphatic heterocycles. The quantitative estimate of drug-likeness (QED) is 0.798. The molecule has 0 bridgehead atoms. The van der Waals surface area contributed by atoms with Gasteiger partial charge in [0.2, 0.25) is 10.0 Å². The molecule has 1 aromatic carbocycles. The molecule has 1 saturated heterocycles. The van der Waals surface area contributed by atoms with Crippen molar-refractivity contribution in [3.05, 3.63) is 24.3 Å². The Kier molecular flexibility index (Phi) is 6.06. The topological polar surface area (TPSA) is 49.9 Å². The molecule has 0 unspecified atom stereocenters. The third-order valence-electron chi connectivity index (χ3n) is 3.79. The van der Waals surface area contributed by atoms with Crippen LogP contribution < -0.4 is 4.74 Å². The van der Waals surface area contributed by atoms with Crippen LogP contribution in [0.3, 0.4) is 0 Å². The Hall–Kier alpha value is -1.11. The van der Waals surface area contributed by atoms with E-state index in [1.807, 2.05) is 13.8 Å². The Balaban J connectivity index is 2.02. The summed E-state index contributed by atoms with van der Waals surface area (Å²) in [5.74, 6) is 1.30. The van der Waals surface area contributed by atoms with Gasteiger partial charge in [-0.1, -0.05) is 13.8 Å². The normalized spacial score (nSPS) is 17.8. The van der Waals surface area contributed by atoms with E-state index in [1.165, 1.54) is 0 Å². The van der Waals surface area contributed by atoms with Gasteiger partial charge in [-0.15, -0.1) is 0 Å². The predicted octanol–water partition coefficient (Wildman–Crippen LogP) is 2.44. The zero-order valence-corrected chi connectivity index (χ0v) is 15.3. The smallest absolute Gasteiger partial charge is 0.243 e. The second-order valence-corrected chi connectivity index (χ2v) is 8.67. The van der Waals surface area contributed by atoms with Gasteiger partial charge in [0.15, 0.2) is 0 Å². The monoisotopic (exact) mass is 340 g/mol. The molecule has 0 aromatic heterocycles. The highest BCUT2D eigenvalue weighted by Gasteiger charge is 2.28. The summed E-state index contributed by atoms with van der Waals surface area (Å²) in [5.41, 5.74) is 0. The van der Waals surface area contributed by atoms with Gasteiger partial charge in [0, 0.05) is 32.7 Å². The number of hydrogen-bond acceptors (Lipinski definition) is 4. The van der Waals surface area contributed by atoms with Crippen LogP contribution in [0.5, 0.6) is 5.75 Å². The molecule has 2 rings (SSSR count). The largest absolute Gasteiger partial charge is 0.491 e. The minimum Gasteiger partial charge on any atom is -0.491 e. The van der Waals surface area contributed by atoms with Crippen molar-refractivity contribution < 1.29 is 13.2 Å². The lowest BCUT2D eigenvalue weighted by molar-refractivity contribution is 0.172. The second-order valence-electron chi connectivity index (χ2n) is 6.74. The first-order valence-electron chi connectivity index (χ1n) is 8.28. The average Bonchev–Trinajstić information content (AvgIpc) is 2.47. The summed E-state index contributed by atoms with van der Waals surface area (Å²) in [6, 6.07) is 6.71. The predicted molar refractivity (Wildman–Crippen MR) is 92.2 cm³/mol. The lowest BCUT2D eigenvalue weighted by atomic mass is 10.2. The van der Waals surface area contributed by atoms with Gasteiger partial charge in [0.25, 0.3) is 0 Å². The molecule has 1 fully saturated rings. The van der Waals surface area contributed by atoms with Crippen molar-refractivity contribution in [3.63, 3.8) is 0 Å². The number of nitrogens with zero attached hydrogens (tertiary/aromatic N) is 2. The van der Waals surface area contributed by atoms with Gasteiger partial charge in [-0.05, 0) is 44.0 Å². The summed E-state index contributed by atoms with van der Waals surface area (Å²) >= 11 is 0. The minimum absolute atomic E-state index is 0.0755. The maximum atomic E-state index is 12.7. The standard InChI is InChI=1S/C17H28N2O3S/c1-14(2)13-18-9-11-19(12-10-18)23(20,21)17-7-5-16(6-8-17)22-15(3)4/h5-8,14-15H,9-13H2,1-4H3. The van der Waals surface area contributed by atoms with E-state index in [9.17, 15) is 8.42 Å². The fourth-order valence-electron chi connectivity index (χ4n) is 2.78. The molecule has 6 heteroatoms. The molecular weight excluding hydrogens is 312 g/mol. The van der Waals surface area contributed by atoms with E-state index in [1.54, 1.807) is 28.6 Å². The highest BCUT2D eigenvalue weighted by Crippen LogP contribution is 2.21. The zero-order chi connectivity index (χ0) is 17.0. The molecule has 0 saturated carbocycles.